The third kappa shape index (κ3) is 2.81. The Morgan fingerprint density at radius 3 is 3.00 bits per heavy atom. The molecule has 2 aromatic rings. The first-order valence-electron chi connectivity index (χ1n) is 5.11. The molecule has 1 amide bonds. The lowest BCUT2D eigenvalue weighted by Gasteiger charge is -2.05. The van der Waals surface area contributed by atoms with Crippen LogP contribution in [-0.2, 0) is 6.54 Å². The quantitative estimate of drug-likeness (QED) is 0.823. The maximum absolute atomic E-state index is 11.4. The fourth-order valence-corrected chi connectivity index (χ4v) is 1.32. The molecule has 0 aliphatic heterocycles. The molecule has 0 atom stereocenters. The number of pyridine rings is 1. The van der Waals surface area contributed by atoms with Crippen molar-refractivity contribution in [3.05, 3.63) is 42.0 Å². The van der Waals surface area contributed by atoms with E-state index in [9.17, 15) is 4.79 Å². The maximum atomic E-state index is 11.4. The van der Waals surface area contributed by atoms with Crippen LogP contribution in [0.5, 0.6) is 0 Å². The van der Waals surface area contributed by atoms with Gasteiger partial charge < -0.3 is 15.2 Å². The van der Waals surface area contributed by atoms with Gasteiger partial charge in [0.25, 0.3) is 5.91 Å². The van der Waals surface area contributed by atoms with Gasteiger partial charge in [0, 0.05) is 25.0 Å². The monoisotopic (exact) mass is 232 g/mol. The van der Waals surface area contributed by atoms with Crippen LogP contribution in [0.4, 0.5) is 5.69 Å². The summed E-state index contributed by atoms with van der Waals surface area (Å²) < 4.78 is 4.95. The molecule has 0 unspecified atom stereocenters. The first kappa shape index (κ1) is 11.1. The van der Waals surface area contributed by atoms with E-state index in [2.05, 4.69) is 20.8 Å². The molecule has 2 N–H and O–H groups in total. The van der Waals surface area contributed by atoms with Gasteiger partial charge in [-0.3, -0.25) is 9.78 Å². The van der Waals surface area contributed by atoms with E-state index in [4.69, 9.17) is 4.52 Å². The summed E-state index contributed by atoms with van der Waals surface area (Å²) in [6.07, 6.45) is 3.16. The van der Waals surface area contributed by atoms with Crippen LogP contribution in [0.25, 0.3) is 0 Å². The lowest BCUT2D eigenvalue weighted by molar-refractivity contribution is 0.0958. The summed E-state index contributed by atoms with van der Waals surface area (Å²) in [5, 5.41) is 9.24. The third-order valence-electron chi connectivity index (χ3n) is 2.18. The number of amides is 1. The largest absolute Gasteiger partial charge is 0.378 e. The minimum absolute atomic E-state index is 0.215. The molecule has 0 fully saturated rings. The van der Waals surface area contributed by atoms with Crippen molar-refractivity contribution in [1.29, 1.82) is 0 Å². The van der Waals surface area contributed by atoms with Crippen LogP contribution in [0.3, 0.4) is 0 Å². The number of anilines is 1. The Hall–Kier alpha value is -2.37. The standard InChI is InChI=1S/C11H12N4O2/c1-12-11(16)10-6-8(2-4-13-10)14-7-9-3-5-15-17-9/h2-6H,7H2,1H3,(H,12,16)(H,13,14). The minimum Gasteiger partial charge on any atom is -0.378 e. The number of hydrogen-bond acceptors (Lipinski definition) is 5. The molecule has 2 heterocycles. The summed E-state index contributed by atoms with van der Waals surface area (Å²) >= 11 is 0. The van der Waals surface area contributed by atoms with Crippen molar-refractivity contribution < 1.29 is 9.32 Å². The van der Waals surface area contributed by atoms with E-state index in [0.29, 0.717) is 12.2 Å². The fraction of sp³-hybridized carbons (Fsp3) is 0.182. The van der Waals surface area contributed by atoms with E-state index in [0.717, 1.165) is 11.4 Å². The molecular formula is C11H12N4O2. The summed E-state index contributed by atoms with van der Waals surface area (Å²) in [7, 11) is 1.57. The normalized spacial score (nSPS) is 9.94. The number of nitrogens with zero attached hydrogens (tertiary/aromatic N) is 2. The zero-order valence-electron chi connectivity index (χ0n) is 9.30. The number of aromatic nitrogens is 2. The number of rotatable bonds is 4. The fourth-order valence-electron chi connectivity index (χ4n) is 1.32. The molecule has 0 radical (unpaired) electrons. The highest BCUT2D eigenvalue weighted by molar-refractivity contribution is 5.92. The van der Waals surface area contributed by atoms with Crippen molar-refractivity contribution in [2.24, 2.45) is 0 Å². The predicted octanol–water partition coefficient (Wildman–Crippen LogP) is 1.04. The van der Waals surface area contributed by atoms with Gasteiger partial charge in [-0.05, 0) is 12.1 Å². The third-order valence-corrected chi connectivity index (χ3v) is 2.18. The van der Waals surface area contributed by atoms with Crippen LogP contribution in [0, 0.1) is 0 Å². The Morgan fingerprint density at radius 2 is 2.29 bits per heavy atom. The number of carbonyl (C=O) groups is 1. The van der Waals surface area contributed by atoms with Gasteiger partial charge >= 0.3 is 0 Å². The van der Waals surface area contributed by atoms with Crippen molar-refractivity contribution >= 4 is 11.6 Å². The molecule has 0 bridgehead atoms. The number of carbonyl (C=O) groups excluding carboxylic acids is 1. The summed E-state index contributed by atoms with van der Waals surface area (Å²) in [6.45, 7) is 0.511. The van der Waals surface area contributed by atoms with Crippen molar-refractivity contribution in [2.75, 3.05) is 12.4 Å². The van der Waals surface area contributed by atoms with Gasteiger partial charge in [0.2, 0.25) is 0 Å². The molecule has 88 valence electrons. The van der Waals surface area contributed by atoms with Crippen molar-refractivity contribution in [3.63, 3.8) is 0 Å². The van der Waals surface area contributed by atoms with Crippen LogP contribution in [-0.4, -0.2) is 23.1 Å². The SMILES string of the molecule is CNC(=O)c1cc(NCc2ccno2)ccn1. The van der Waals surface area contributed by atoms with E-state index >= 15 is 0 Å². The van der Waals surface area contributed by atoms with Crippen molar-refractivity contribution in [2.45, 2.75) is 6.54 Å². The first-order valence-corrected chi connectivity index (χ1v) is 5.11. The van der Waals surface area contributed by atoms with Gasteiger partial charge in [0.05, 0.1) is 12.7 Å². The molecule has 0 aromatic carbocycles. The summed E-state index contributed by atoms with van der Waals surface area (Å²) in [5.74, 6) is 0.511. The molecule has 2 rings (SSSR count). The van der Waals surface area contributed by atoms with E-state index in [1.54, 1.807) is 37.6 Å². The summed E-state index contributed by atoms with van der Waals surface area (Å²) in [4.78, 5) is 15.3. The second kappa shape index (κ2) is 5.11. The maximum Gasteiger partial charge on any atom is 0.269 e. The van der Waals surface area contributed by atoms with Crippen LogP contribution in [0.15, 0.2) is 35.1 Å². The lowest BCUT2D eigenvalue weighted by atomic mass is 10.3. The van der Waals surface area contributed by atoms with Crippen LogP contribution < -0.4 is 10.6 Å². The van der Waals surface area contributed by atoms with E-state index < -0.39 is 0 Å². The number of hydrogen-bond donors (Lipinski definition) is 2. The van der Waals surface area contributed by atoms with E-state index in [-0.39, 0.29) is 5.91 Å². The van der Waals surface area contributed by atoms with Gasteiger partial charge in [-0.1, -0.05) is 5.16 Å². The van der Waals surface area contributed by atoms with E-state index in [1.807, 2.05) is 0 Å². The van der Waals surface area contributed by atoms with Gasteiger partial charge in [-0.2, -0.15) is 0 Å². The van der Waals surface area contributed by atoms with Gasteiger partial charge in [0.15, 0.2) is 5.76 Å². The van der Waals surface area contributed by atoms with Gasteiger partial charge in [-0.15, -0.1) is 0 Å². The molecule has 0 saturated heterocycles. The highest BCUT2D eigenvalue weighted by Gasteiger charge is 2.05. The summed E-state index contributed by atoms with van der Waals surface area (Å²) in [5.41, 5.74) is 1.17. The molecule has 0 aliphatic carbocycles. The smallest absolute Gasteiger partial charge is 0.269 e. The highest BCUT2D eigenvalue weighted by Crippen LogP contribution is 2.09. The molecule has 0 saturated carbocycles. The van der Waals surface area contributed by atoms with Gasteiger partial charge in [0.1, 0.15) is 5.69 Å². The Morgan fingerprint density at radius 1 is 1.41 bits per heavy atom. The molecule has 6 heteroatoms. The molecule has 17 heavy (non-hydrogen) atoms. The van der Waals surface area contributed by atoms with Crippen molar-refractivity contribution in [3.8, 4) is 0 Å². The first-order chi connectivity index (χ1) is 8.29. The average molecular weight is 232 g/mol. The Balaban J connectivity index is 2.03. The molecule has 0 aliphatic rings. The second-order valence-corrected chi connectivity index (χ2v) is 3.34. The van der Waals surface area contributed by atoms with Crippen molar-refractivity contribution in [1.82, 2.24) is 15.5 Å². The zero-order chi connectivity index (χ0) is 12.1. The molecule has 6 nitrogen and oxygen atoms in total. The Labute approximate surface area is 98.0 Å². The predicted molar refractivity (Wildman–Crippen MR) is 61.5 cm³/mol. The zero-order valence-corrected chi connectivity index (χ0v) is 9.30. The van der Waals surface area contributed by atoms with Gasteiger partial charge in [-0.25, -0.2) is 0 Å². The minimum atomic E-state index is -0.215. The molecule has 2 aromatic heterocycles. The molecular weight excluding hydrogens is 220 g/mol. The van der Waals surface area contributed by atoms with Crippen LogP contribution >= 0.6 is 0 Å². The topological polar surface area (TPSA) is 80.0 Å². The highest BCUT2D eigenvalue weighted by atomic mass is 16.5. The second-order valence-electron chi connectivity index (χ2n) is 3.34. The lowest BCUT2D eigenvalue weighted by Crippen LogP contribution is -2.19. The Bertz CT molecular complexity index is 496. The average Bonchev–Trinajstić information content (AvgIpc) is 2.89. The Kier molecular flexibility index (Phi) is 3.34. The summed E-state index contributed by atoms with van der Waals surface area (Å²) in [6, 6.07) is 5.23. The van der Waals surface area contributed by atoms with Crippen LogP contribution in [0.2, 0.25) is 0 Å². The molecule has 0 spiro atoms. The van der Waals surface area contributed by atoms with E-state index in [1.165, 1.54) is 0 Å². The van der Waals surface area contributed by atoms with Crippen LogP contribution in [0.1, 0.15) is 16.2 Å². The number of nitrogens with one attached hydrogen (secondary N) is 2.